The number of ether oxygens (including phenoxy) is 1. The molecule has 2 rings (SSSR count). The second kappa shape index (κ2) is 13.7. The minimum absolute atomic E-state index is 0.0283. The van der Waals surface area contributed by atoms with Gasteiger partial charge in [0.2, 0.25) is 0 Å². The van der Waals surface area contributed by atoms with E-state index in [1.54, 1.807) is 30.4 Å². The van der Waals surface area contributed by atoms with Crippen LogP contribution in [0.2, 0.25) is 13.3 Å². The van der Waals surface area contributed by atoms with Gasteiger partial charge in [0.15, 0.2) is 0 Å². The van der Waals surface area contributed by atoms with Gasteiger partial charge in [-0.15, -0.1) is 0 Å². The van der Waals surface area contributed by atoms with Crippen LogP contribution in [0.1, 0.15) is 75.2 Å². The summed E-state index contributed by atoms with van der Waals surface area (Å²) in [7, 11) is 1.52. The van der Waals surface area contributed by atoms with Crippen molar-refractivity contribution in [1.29, 1.82) is 0 Å². The predicted octanol–water partition coefficient (Wildman–Crippen LogP) is 7.35. The van der Waals surface area contributed by atoms with E-state index in [0.29, 0.717) is 5.75 Å². The van der Waals surface area contributed by atoms with E-state index in [1.165, 1.54) is 62.5 Å². The zero-order valence-corrected chi connectivity index (χ0v) is 23.2. The van der Waals surface area contributed by atoms with Crippen molar-refractivity contribution in [2.45, 2.75) is 72.6 Å². The molecule has 0 saturated carbocycles. The third-order valence-corrected chi connectivity index (χ3v) is 22.0. The van der Waals surface area contributed by atoms with Gasteiger partial charge in [0.05, 0.1) is 0 Å². The first kappa shape index (κ1) is 26.5. The number of carbonyl (C=O) groups is 1. The normalized spacial score (nSPS) is 11.8. The van der Waals surface area contributed by atoms with Crippen molar-refractivity contribution in [3.8, 4) is 11.5 Å². The van der Waals surface area contributed by atoms with Gasteiger partial charge in [-0.1, -0.05) is 0 Å². The Bertz CT molecular complexity index is 866. The first-order valence-electron chi connectivity index (χ1n) is 12.2. The van der Waals surface area contributed by atoms with Crippen molar-refractivity contribution in [2.75, 3.05) is 7.11 Å². The predicted molar refractivity (Wildman–Crippen MR) is 139 cm³/mol. The maximum atomic E-state index is 13.0. The fraction of sp³-hybridized carbons (Fsp3) is 0.464. The molecule has 0 aliphatic carbocycles. The van der Waals surface area contributed by atoms with Gasteiger partial charge in [-0.05, 0) is 0 Å². The van der Waals surface area contributed by atoms with Crippen molar-refractivity contribution in [3.05, 3.63) is 59.7 Å². The van der Waals surface area contributed by atoms with Gasteiger partial charge in [0.25, 0.3) is 0 Å². The molecule has 32 heavy (non-hydrogen) atoms. The Morgan fingerprint density at radius 3 is 2.12 bits per heavy atom. The minimum atomic E-state index is -2.56. The van der Waals surface area contributed by atoms with Crippen LogP contribution >= 0.6 is 0 Å². The molecule has 2 aromatic carbocycles. The molecule has 0 spiro atoms. The van der Waals surface area contributed by atoms with E-state index in [1.807, 2.05) is 6.07 Å². The van der Waals surface area contributed by atoms with Crippen molar-refractivity contribution in [1.82, 2.24) is 0 Å². The number of allylic oxidation sites excluding steroid dienone is 1. The van der Waals surface area contributed by atoms with Gasteiger partial charge < -0.3 is 0 Å². The fourth-order valence-corrected chi connectivity index (χ4v) is 20.5. The zero-order valence-electron chi connectivity index (χ0n) is 20.3. The second-order valence-corrected chi connectivity index (χ2v) is 22.0. The summed E-state index contributed by atoms with van der Waals surface area (Å²) in [6, 6.07) is 13.7. The number of carbonyl (C=O) groups excluding carboxylic acids is 1. The van der Waals surface area contributed by atoms with E-state index in [0.717, 1.165) is 11.1 Å². The fourth-order valence-electron chi connectivity index (χ4n) is 4.42. The van der Waals surface area contributed by atoms with Crippen LogP contribution in [-0.4, -0.2) is 36.4 Å². The van der Waals surface area contributed by atoms with E-state index in [2.05, 4.69) is 39.0 Å². The number of ketones is 1. The van der Waals surface area contributed by atoms with Crippen LogP contribution in [0.15, 0.2) is 48.5 Å². The van der Waals surface area contributed by atoms with Gasteiger partial charge >= 0.3 is 199 Å². The number of hydrogen-bond donors (Lipinski definition) is 1. The van der Waals surface area contributed by atoms with Crippen LogP contribution < -0.4 is 8.32 Å². The van der Waals surface area contributed by atoms with E-state index in [4.69, 9.17) is 4.74 Å². The van der Waals surface area contributed by atoms with Crippen molar-refractivity contribution < 1.29 is 14.6 Å². The number of phenols is 1. The Morgan fingerprint density at radius 1 is 0.938 bits per heavy atom. The number of hydrogen-bond acceptors (Lipinski definition) is 3. The van der Waals surface area contributed by atoms with E-state index < -0.39 is 18.4 Å². The van der Waals surface area contributed by atoms with Crippen molar-refractivity contribution in [3.63, 3.8) is 0 Å². The van der Waals surface area contributed by atoms with Gasteiger partial charge in [0, 0.05) is 0 Å². The van der Waals surface area contributed by atoms with Gasteiger partial charge in [-0.3, -0.25) is 0 Å². The third kappa shape index (κ3) is 7.40. The molecule has 1 N–H and O–H groups in total. The summed E-state index contributed by atoms with van der Waals surface area (Å²) in [6.07, 6.45) is 11.1. The second-order valence-electron chi connectivity index (χ2n) is 8.80. The van der Waals surface area contributed by atoms with E-state index in [-0.39, 0.29) is 11.5 Å². The number of unbranched alkanes of at least 4 members (excludes halogenated alkanes) is 3. The summed E-state index contributed by atoms with van der Waals surface area (Å²) in [4.78, 5) is 13.0. The molecule has 3 nitrogen and oxygen atoms in total. The quantitative estimate of drug-likeness (QED) is 0.154. The van der Waals surface area contributed by atoms with E-state index >= 15 is 0 Å². The summed E-state index contributed by atoms with van der Waals surface area (Å²) >= 11 is -2.56. The van der Waals surface area contributed by atoms with Crippen molar-refractivity contribution >= 4 is 33.8 Å². The SMILES string of the molecule is CCC[CH2][Sn]([CH2]CCC)([CH2]CCC)[c]1cccc(C(=O)C=Cc2ccc(O)c(OC)c2)c1. The van der Waals surface area contributed by atoms with Crippen LogP contribution in [0.5, 0.6) is 11.5 Å². The number of phenolic OH excluding ortho intramolecular Hbond substituents is 1. The molecule has 0 saturated heterocycles. The average molecular weight is 543 g/mol. The third-order valence-electron chi connectivity index (χ3n) is 6.42. The molecule has 0 aromatic heterocycles. The first-order valence-corrected chi connectivity index (χ1v) is 19.7. The Balaban J connectivity index is 2.32. The summed E-state index contributed by atoms with van der Waals surface area (Å²) in [6.45, 7) is 6.87. The monoisotopic (exact) mass is 544 g/mol. The number of rotatable bonds is 14. The molecule has 2 aromatic rings. The van der Waals surface area contributed by atoms with Crippen LogP contribution in [0.4, 0.5) is 0 Å². The molecule has 0 aliphatic rings. The average Bonchev–Trinajstić information content (AvgIpc) is 2.83. The van der Waals surface area contributed by atoms with Gasteiger partial charge in [0.1, 0.15) is 0 Å². The molecule has 174 valence electrons. The molecule has 0 aliphatic heterocycles. The van der Waals surface area contributed by atoms with Crippen LogP contribution in [-0.2, 0) is 0 Å². The summed E-state index contributed by atoms with van der Waals surface area (Å²) in [5.41, 5.74) is 1.61. The molecular weight excluding hydrogens is 503 g/mol. The molecule has 0 radical (unpaired) electrons. The molecule has 0 bridgehead atoms. The molecular formula is C28H40O3Sn. The number of methoxy groups -OCH3 is 1. The Kier molecular flexibility index (Phi) is 11.4. The van der Waals surface area contributed by atoms with Crippen LogP contribution in [0.25, 0.3) is 6.08 Å². The topological polar surface area (TPSA) is 46.5 Å². The van der Waals surface area contributed by atoms with Crippen LogP contribution in [0.3, 0.4) is 0 Å². The summed E-state index contributed by atoms with van der Waals surface area (Å²) in [5.74, 6) is 0.530. The molecule has 0 fully saturated rings. The van der Waals surface area contributed by atoms with Crippen LogP contribution in [0, 0.1) is 0 Å². The standard InChI is InChI=1S/C16H13O3.3C4H9.Sn/c1-19-16-11-12(8-10-15(16)18)7-9-14(17)13-5-3-2-4-6-13;3*1-3-4-2;/h2-3,5-11,18H,1H3;3*1,3-4H2,2H3;. The number of benzene rings is 2. The molecule has 0 amide bonds. The molecule has 0 heterocycles. The maximum absolute atomic E-state index is 13.0. The Morgan fingerprint density at radius 2 is 1.56 bits per heavy atom. The van der Waals surface area contributed by atoms with E-state index in [9.17, 15) is 9.90 Å². The molecule has 0 unspecified atom stereocenters. The Hall–Kier alpha value is -1.75. The zero-order chi connectivity index (χ0) is 23.4. The van der Waals surface area contributed by atoms with Gasteiger partial charge in [-0.25, -0.2) is 0 Å². The number of aromatic hydroxyl groups is 1. The summed E-state index contributed by atoms with van der Waals surface area (Å²) < 4.78 is 10.9. The molecule has 0 atom stereocenters. The first-order chi connectivity index (χ1) is 15.5. The molecule has 4 heteroatoms. The summed E-state index contributed by atoms with van der Waals surface area (Å²) in [5, 5.41) is 9.77. The van der Waals surface area contributed by atoms with Gasteiger partial charge in [-0.2, -0.15) is 0 Å². The Labute approximate surface area is 198 Å². The van der Waals surface area contributed by atoms with Crippen molar-refractivity contribution in [2.24, 2.45) is 0 Å².